The van der Waals surface area contributed by atoms with Gasteiger partial charge in [0.05, 0.1) is 12.5 Å². The Hall–Kier alpha value is -3.39. The van der Waals surface area contributed by atoms with E-state index in [0.717, 1.165) is 22.3 Å². The molecule has 8 heteroatoms. The summed E-state index contributed by atoms with van der Waals surface area (Å²) in [4.78, 5) is 35.4. The van der Waals surface area contributed by atoms with Gasteiger partial charge >= 0.3 is 12.1 Å². The third-order valence-electron chi connectivity index (χ3n) is 5.61. The fraction of sp³-hybridized carbons (Fsp3) is 0.375. The summed E-state index contributed by atoms with van der Waals surface area (Å²) in [7, 11) is 1.42. The fourth-order valence-electron chi connectivity index (χ4n) is 3.88. The molecule has 32 heavy (non-hydrogen) atoms. The van der Waals surface area contributed by atoms with E-state index in [0.29, 0.717) is 0 Å². The molecular weight excluding hydrogens is 412 g/mol. The molecule has 2 amide bonds. The number of fused-ring (bicyclic) bond motifs is 3. The lowest BCUT2D eigenvalue weighted by molar-refractivity contribution is -0.142. The molecule has 0 heterocycles. The molecule has 2 atom stereocenters. The van der Waals surface area contributed by atoms with E-state index < -0.39 is 30.1 Å². The first-order valence-electron chi connectivity index (χ1n) is 10.6. The first-order chi connectivity index (χ1) is 15.4. The number of amides is 2. The predicted octanol–water partition coefficient (Wildman–Crippen LogP) is 2.91. The Morgan fingerprint density at radius 2 is 1.62 bits per heavy atom. The summed E-state index contributed by atoms with van der Waals surface area (Å²) in [5, 5.41) is 14.1. The van der Waals surface area contributed by atoms with E-state index in [1.807, 2.05) is 36.4 Å². The highest BCUT2D eigenvalue weighted by molar-refractivity contribution is 5.83. The monoisotopic (exact) mass is 440 g/mol. The summed E-state index contributed by atoms with van der Waals surface area (Å²) in [6.07, 6.45) is -1.02. The number of carbonyl (C=O) groups is 3. The minimum atomic E-state index is -1.09. The van der Waals surface area contributed by atoms with Crippen LogP contribution >= 0.6 is 0 Å². The molecule has 2 aromatic carbocycles. The van der Waals surface area contributed by atoms with Gasteiger partial charge < -0.3 is 25.2 Å². The largest absolute Gasteiger partial charge is 0.480 e. The summed E-state index contributed by atoms with van der Waals surface area (Å²) in [5.41, 5.74) is 4.54. The average Bonchev–Trinajstić information content (AvgIpc) is 3.12. The number of alkyl carbamates (subject to hydrolysis) is 1. The van der Waals surface area contributed by atoms with Gasteiger partial charge in [-0.1, -0.05) is 55.5 Å². The Morgan fingerprint density at radius 1 is 1.03 bits per heavy atom. The molecule has 3 N–H and O–H groups in total. The third-order valence-corrected chi connectivity index (χ3v) is 5.61. The van der Waals surface area contributed by atoms with Crippen LogP contribution in [-0.4, -0.2) is 55.5 Å². The normalized spacial score (nSPS) is 14.1. The number of carboxylic acid groups (broad SMARTS) is 1. The molecule has 1 unspecified atom stereocenters. The molecule has 0 aliphatic heterocycles. The smallest absolute Gasteiger partial charge is 0.407 e. The molecule has 0 saturated heterocycles. The van der Waals surface area contributed by atoms with Crippen LogP contribution in [0.1, 0.15) is 36.8 Å². The lowest BCUT2D eigenvalue weighted by Crippen LogP contribution is -2.43. The average molecular weight is 440 g/mol. The molecule has 1 aliphatic rings. The van der Waals surface area contributed by atoms with Crippen molar-refractivity contribution in [1.29, 1.82) is 0 Å². The van der Waals surface area contributed by atoms with Gasteiger partial charge in [-0.2, -0.15) is 0 Å². The number of hydrogen-bond acceptors (Lipinski definition) is 5. The molecule has 0 spiro atoms. The zero-order chi connectivity index (χ0) is 23.1. The molecule has 0 saturated carbocycles. The van der Waals surface area contributed by atoms with Crippen molar-refractivity contribution in [2.45, 2.75) is 37.8 Å². The summed E-state index contributed by atoms with van der Waals surface area (Å²) < 4.78 is 10.7. The number of methoxy groups -OCH3 is 1. The Kier molecular flexibility index (Phi) is 7.83. The van der Waals surface area contributed by atoms with Gasteiger partial charge in [0.15, 0.2) is 0 Å². The van der Waals surface area contributed by atoms with Gasteiger partial charge in [0.1, 0.15) is 12.6 Å². The Morgan fingerprint density at radius 3 is 2.16 bits per heavy atom. The number of ether oxygens (including phenoxy) is 2. The summed E-state index contributed by atoms with van der Waals surface area (Å²) in [6, 6.07) is 15.2. The second-order valence-corrected chi connectivity index (χ2v) is 7.63. The van der Waals surface area contributed by atoms with E-state index >= 15 is 0 Å². The molecule has 8 nitrogen and oxygen atoms in total. The Balaban J connectivity index is 1.51. The van der Waals surface area contributed by atoms with Gasteiger partial charge in [-0.3, -0.25) is 4.79 Å². The van der Waals surface area contributed by atoms with Crippen molar-refractivity contribution < 1.29 is 29.0 Å². The molecule has 170 valence electrons. The topological polar surface area (TPSA) is 114 Å². The SMILES string of the molecule is CC[C@H](NC(=O)CC(CNC(=O)OCC1c2ccccc2-c2ccccc21)OC)C(=O)O. The number of hydrogen-bond donors (Lipinski definition) is 3. The summed E-state index contributed by atoms with van der Waals surface area (Å²) in [6.45, 7) is 1.92. The third kappa shape index (κ3) is 5.45. The van der Waals surface area contributed by atoms with Crippen LogP contribution in [-0.2, 0) is 19.1 Å². The summed E-state index contributed by atoms with van der Waals surface area (Å²) in [5.74, 6) is -1.59. The second kappa shape index (κ2) is 10.8. The van der Waals surface area contributed by atoms with Crippen LogP contribution in [0, 0.1) is 0 Å². The Labute approximate surface area is 186 Å². The van der Waals surface area contributed by atoms with E-state index in [-0.39, 0.29) is 31.9 Å². The van der Waals surface area contributed by atoms with Gasteiger partial charge in [0.25, 0.3) is 0 Å². The fourth-order valence-corrected chi connectivity index (χ4v) is 3.88. The van der Waals surface area contributed by atoms with Crippen molar-refractivity contribution >= 4 is 18.0 Å². The molecule has 1 aliphatic carbocycles. The van der Waals surface area contributed by atoms with Crippen LogP contribution in [0.4, 0.5) is 4.79 Å². The first-order valence-corrected chi connectivity index (χ1v) is 10.6. The highest BCUT2D eigenvalue weighted by Gasteiger charge is 2.29. The molecule has 0 bridgehead atoms. The van der Waals surface area contributed by atoms with Gasteiger partial charge in [-0.15, -0.1) is 0 Å². The van der Waals surface area contributed by atoms with Crippen LogP contribution in [0.2, 0.25) is 0 Å². The highest BCUT2D eigenvalue weighted by Crippen LogP contribution is 2.44. The number of carbonyl (C=O) groups excluding carboxylic acids is 2. The van der Waals surface area contributed by atoms with Crippen LogP contribution < -0.4 is 10.6 Å². The number of rotatable bonds is 10. The molecule has 0 aromatic heterocycles. The molecule has 2 aromatic rings. The van der Waals surface area contributed by atoms with Crippen molar-refractivity contribution in [2.75, 3.05) is 20.3 Å². The molecular formula is C24H28N2O6. The van der Waals surface area contributed by atoms with Crippen molar-refractivity contribution in [3.8, 4) is 11.1 Å². The molecule has 0 radical (unpaired) electrons. The molecule has 0 fully saturated rings. The van der Waals surface area contributed by atoms with Crippen LogP contribution in [0.3, 0.4) is 0 Å². The van der Waals surface area contributed by atoms with Gasteiger partial charge in [-0.25, -0.2) is 9.59 Å². The second-order valence-electron chi connectivity index (χ2n) is 7.63. The van der Waals surface area contributed by atoms with Gasteiger partial charge in [0.2, 0.25) is 5.91 Å². The van der Waals surface area contributed by atoms with Crippen molar-refractivity contribution in [3.05, 3.63) is 59.7 Å². The van der Waals surface area contributed by atoms with Crippen LogP contribution in [0.5, 0.6) is 0 Å². The number of benzene rings is 2. The van der Waals surface area contributed by atoms with Crippen molar-refractivity contribution in [2.24, 2.45) is 0 Å². The maximum atomic E-state index is 12.3. The van der Waals surface area contributed by atoms with Crippen molar-refractivity contribution in [3.63, 3.8) is 0 Å². The Bertz CT molecular complexity index is 931. The zero-order valence-corrected chi connectivity index (χ0v) is 18.2. The standard InChI is InChI=1S/C24H28N2O6/c1-3-21(23(28)29)26-22(27)12-15(31-2)13-25-24(30)32-14-20-18-10-6-4-8-16(18)17-9-5-7-11-19(17)20/h4-11,15,20-21H,3,12-14H2,1-2H3,(H,25,30)(H,26,27)(H,28,29)/t15?,21-/m0/s1. The first kappa shape index (κ1) is 23.3. The number of aliphatic carboxylic acids is 1. The van der Waals surface area contributed by atoms with E-state index in [1.165, 1.54) is 7.11 Å². The number of carboxylic acids is 1. The zero-order valence-electron chi connectivity index (χ0n) is 18.2. The molecule has 3 rings (SSSR count). The minimum Gasteiger partial charge on any atom is -0.480 e. The maximum Gasteiger partial charge on any atom is 0.407 e. The quantitative estimate of drug-likeness (QED) is 0.524. The lowest BCUT2D eigenvalue weighted by atomic mass is 9.98. The van der Waals surface area contributed by atoms with Crippen LogP contribution in [0.15, 0.2) is 48.5 Å². The van der Waals surface area contributed by atoms with Gasteiger partial charge in [-0.05, 0) is 28.7 Å². The maximum absolute atomic E-state index is 12.3. The van der Waals surface area contributed by atoms with E-state index in [1.54, 1.807) is 6.92 Å². The van der Waals surface area contributed by atoms with Crippen molar-refractivity contribution in [1.82, 2.24) is 10.6 Å². The summed E-state index contributed by atoms with van der Waals surface area (Å²) >= 11 is 0. The predicted molar refractivity (Wildman–Crippen MR) is 118 cm³/mol. The van der Waals surface area contributed by atoms with E-state index in [9.17, 15) is 14.4 Å². The lowest BCUT2D eigenvalue weighted by Gasteiger charge is -2.18. The van der Waals surface area contributed by atoms with Gasteiger partial charge in [0, 0.05) is 19.6 Å². The van der Waals surface area contributed by atoms with E-state index in [4.69, 9.17) is 14.6 Å². The minimum absolute atomic E-state index is 0.0425. The number of nitrogens with one attached hydrogen (secondary N) is 2. The highest BCUT2D eigenvalue weighted by atomic mass is 16.5. The van der Waals surface area contributed by atoms with E-state index in [2.05, 4.69) is 22.8 Å². The van der Waals surface area contributed by atoms with Crippen LogP contribution in [0.25, 0.3) is 11.1 Å².